The SMILES string of the molecule is Cl.Cl.O=C(NCCN1CCNCC1)c1ccnc(-n2ccnc2)c1. The highest BCUT2D eigenvalue weighted by atomic mass is 35.5. The Bertz CT molecular complexity index is 616. The lowest BCUT2D eigenvalue weighted by molar-refractivity contribution is 0.0947. The largest absolute Gasteiger partial charge is 0.351 e. The van der Waals surface area contributed by atoms with E-state index in [1.807, 2.05) is 0 Å². The first-order valence-corrected chi connectivity index (χ1v) is 7.48. The molecule has 24 heavy (non-hydrogen) atoms. The third kappa shape index (κ3) is 5.45. The first-order chi connectivity index (χ1) is 10.8. The van der Waals surface area contributed by atoms with Gasteiger partial charge in [0.1, 0.15) is 12.1 Å². The number of aromatic nitrogens is 3. The van der Waals surface area contributed by atoms with E-state index in [4.69, 9.17) is 0 Å². The molecule has 0 bridgehead atoms. The van der Waals surface area contributed by atoms with Crippen molar-refractivity contribution in [2.24, 2.45) is 0 Å². The van der Waals surface area contributed by atoms with E-state index in [2.05, 4.69) is 25.5 Å². The van der Waals surface area contributed by atoms with Crippen LogP contribution in [-0.2, 0) is 0 Å². The van der Waals surface area contributed by atoms with Gasteiger partial charge in [0.2, 0.25) is 0 Å². The summed E-state index contributed by atoms with van der Waals surface area (Å²) in [5, 5.41) is 6.28. The fourth-order valence-corrected chi connectivity index (χ4v) is 2.46. The monoisotopic (exact) mass is 372 g/mol. The molecule has 7 nitrogen and oxygen atoms in total. The lowest BCUT2D eigenvalue weighted by Gasteiger charge is -2.27. The topological polar surface area (TPSA) is 75.1 Å². The molecule has 1 saturated heterocycles. The second kappa shape index (κ2) is 10.2. The smallest absolute Gasteiger partial charge is 0.251 e. The summed E-state index contributed by atoms with van der Waals surface area (Å²) in [5.74, 6) is 0.617. The molecule has 1 amide bonds. The standard InChI is InChI=1S/C15H20N6O.2ClH/c22-15(19-6-9-20-7-3-16-4-8-20)13-1-2-18-14(11-13)21-10-5-17-12-21;;/h1-2,5,10-12,16H,3-4,6-9H2,(H,19,22);2*1H. The molecule has 9 heteroatoms. The van der Waals surface area contributed by atoms with Gasteiger partial charge in [0.15, 0.2) is 0 Å². The van der Waals surface area contributed by atoms with Crippen molar-refractivity contribution in [3.63, 3.8) is 0 Å². The maximum Gasteiger partial charge on any atom is 0.251 e. The van der Waals surface area contributed by atoms with Crippen molar-refractivity contribution in [3.8, 4) is 5.82 Å². The number of amides is 1. The number of pyridine rings is 1. The van der Waals surface area contributed by atoms with Crippen LogP contribution in [0.3, 0.4) is 0 Å². The highest BCUT2D eigenvalue weighted by Crippen LogP contribution is 2.06. The molecule has 0 atom stereocenters. The Morgan fingerprint density at radius 1 is 1.25 bits per heavy atom. The number of imidazole rings is 1. The molecule has 0 aliphatic carbocycles. The third-order valence-electron chi connectivity index (χ3n) is 3.70. The highest BCUT2D eigenvalue weighted by molar-refractivity contribution is 5.94. The van der Waals surface area contributed by atoms with Crippen molar-refractivity contribution >= 4 is 30.7 Å². The predicted molar refractivity (Wildman–Crippen MR) is 97.5 cm³/mol. The number of carbonyl (C=O) groups excluding carboxylic acids is 1. The summed E-state index contributed by atoms with van der Waals surface area (Å²) in [4.78, 5) is 22.8. The molecule has 0 saturated carbocycles. The molecule has 1 fully saturated rings. The van der Waals surface area contributed by atoms with Gasteiger partial charge in [0, 0.05) is 63.4 Å². The quantitative estimate of drug-likeness (QED) is 0.809. The van der Waals surface area contributed by atoms with Crippen LogP contribution in [0.5, 0.6) is 0 Å². The Labute approximate surface area is 153 Å². The highest BCUT2D eigenvalue weighted by Gasteiger charge is 2.11. The first-order valence-electron chi connectivity index (χ1n) is 7.48. The van der Waals surface area contributed by atoms with Crippen LogP contribution in [0.1, 0.15) is 10.4 Å². The summed E-state index contributed by atoms with van der Waals surface area (Å²) in [6.45, 7) is 5.65. The van der Waals surface area contributed by atoms with Crippen molar-refractivity contribution in [2.45, 2.75) is 0 Å². The minimum Gasteiger partial charge on any atom is -0.351 e. The molecule has 0 spiro atoms. The van der Waals surface area contributed by atoms with Gasteiger partial charge in [-0.3, -0.25) is 14.3 Å². The van der Waals surface area contributed by atoms with Gasteiger partial charge in [0.05, 0.1) is 0 Å². The molecule has 0 aromatic carbocycles. The van der Waals surface area contributed by atoms with E-state index >= 15 is 0 Å². The van der Waals surface area contributed by atoms with Gasteiger partial charge in [-0.25, -0.2) is 9.97 Å². The molecule has 0 unspecified atom stereocenters. The van der Waals surface area contributed by atoms with Gasteiger partial charge in [-0.1, -0.05) is 0 Å². The van der Waals surface area contributed by atoms with E-state index < -0.39 is 0 Å². The Morgan fingerprint density at radius 2 is 2.04 bits per heavy atom. The molecular weight excluding hydrogens is 351 g/mol. The van der Waals surface area contributed by atoms with Crippen LogP contribution in [0.4, 0.5) is 0 Å². The van der Waals surface area contributed by atoms with Crippen molar-refractivity contribution in [2.75, 3.05) is 39.3 Å². The number of nitrogens with zero attached hydrogens (tertiary/aromatic N) is 4. The van der Waals surface area contributed by atoms with Crippen LogP contribution in [0.25, 0.3) is 5.82 Å². The zero-order chi connectivity index (χ0) is 15.2. The van der Waals surface area contributed by atoms with E-state index in [0.29, 0.717) is 17.9 Å². The van der Waals surface area contributed by atoms with Crippen LogP contribution in [-0.4, -0.2) is 64.6 Å². The Morgan fingerprint density at radius 3 is 2.75 bits per heavy atom. The summed E-state index contributed by atoms with van der Waals surface area (Å²) >= 11 is 0. The second-order valence-electron chi connectivity index (χ2n) is 5.22. The minimum atomic E-state index is -0.0705. The van der Waals surface area contributed by atoms with E-state index in [1.54, 1.807) is 41.6 Å². The molecule has 0 radical (unpaired) electrons. The fourth-order valence-electron chi connectivity index (χ4n) is 2.46. The van der Waals surface area contributed by atoms with Crippen molar-refractivity contribution < 1.29 is 4.79 Å². The van der Waals surface area contributed by atoms with Crippen LogP contribution in [0.2, 0.25) is 0 Å². The van der Waals surface area contributed by atoms with Crippen LogP contribution in [0.15, 0.2) is 37.1 Å². The zero-order valence-corrected chi connectivity index (χ0v) is 14.9. The number of rotatable bonds is 5. The molecule has 1 aliphatic heterocycles. The summed E-state index contributed by atoms with van der Waals surface area (Å²) < 4.78 is 1.78. The normalized spacial score (nSPS) is 14.3. The number of carbonyl (C=O) groups is 1. The van der Waals surface area contributed by atoms with Crippen LogP contribution < -0.4 is 10.6 Å². The average Bonchev–Trinajstić information content (AvgIpc) is 3.10. The Hall–Kier alpha value is -1.67. The van der Waals surface area contributed by atoms with Gasteiger partial charge >= 0.3 is 0 Å². The summed E-state index contributed by atoms with van der Waals surface area (Å²) in [6.07, 6.45) is 6.78. The lowest BCUT2D eigenvalue weighted by Crippen LogP contribution is -2.46. The van der Waals surface area contributed by atoms with Crippen molar-refractivity contribution in [1.29, 1.82) is 0 Å². The van der Waals surface area contributed by atoms with Gasteiger partial charge in [-0.2, -0.15) is 0 Å². The van der Waals surface area contributed by atoms with E-state index in [-0.39, 0.29) is 30.7 Å². The molecular formula is C15H22Cl2N6O. The predicted octanol–water partition coefficient (Wildman–Crippen LogP) is 0.746. The lowest BCUT2D eigenvalue weighted by atomic mass is 10.2. The molecule has 3 heterocycles. The third-order valence-corrected chi connectivity index (χ3v) is 3.70. The Balaban J connectivity index is 0.00000144. The molecule has 2 N–H and O–H groups in total. The zero-order valence-electron chi connectivity index (χ0n) is 13.2. The summed E-state index contributed by atoms with van der Waals surface area (Å²) in [7, 11) is 0. The van der Waals surface area contributed by atoms with Gasteiger partial charge < -0.3 is 10.6 Å². The summed E-state index contributed by atoms with van der Waals surface area (Å²) in [5.41, 5.74) is 0.610. The Kier molecular flexibility index (Phi) is 8.70. The number of nitrogens with one attached hydrogen (secondary N) is 2. The van der Waals surface area contributed by atoms with E-state index in [9.17, 15) is 4.79 Å². The van der Waals surface area contributed by atoms with Crippen molar-refractivity contribution in [3.05, 3.63) is 42.6 Å². The number of piperazine rings is 1. The average molecular weight is 373 g/mol. The second-order valence-corrected chi connectivity index (χ2v) is 5.22. The fraction of sp³-hybridized carbons (Fsp3) is 0.400. The first kappa shape index (κ1) is 20.4. The maximum absolute atomic E-state index is 12.2. The molecule has 2 aromatic rings. The summed E-state index contributed by atoms with van der Waals surface area (Å²) in [6, 6.07) is 3.49. The van der Waals surface area contributed by atoms with Gasteiger partial charge in [0.25, 0.3) is 5.91 Å². The van der Waals surface area contributed by atoms with Crippen LogP contribution >= 0.6 is 24.8 Å². The maximum atomic E-state index is 12.2. The molecule has 1 aliphatic rings. The molecule has 132 valence electrons. The molecule has 2 aromatic heterocycles. The van der Waals surface area contributed by atoms with Crippen molar-refractivity contribution in [1.82, 2.24) is 30.1 Å². The van der Waals surface area contributed by atoms with Gasteiger partial charge in [-0.05, 0) is 12.1 Å². The number of halogens is 2. The van der Waals surface area contributed by atoms with Gasteiger partial charge in [-0.15, -0.1) is 24.8 Å². The van der Waals surface area contributed by atoms with E-state index in [0.717, 1.165) is 32.7 Å². The number of hydrogen-bond acceptors (Lipinski definition) is 5. The van der Waals surface area contributed by atoms with Crippen LogP contribution in [0, 0.1) is 0 Å². The molecule has 3 rings (SSSR count). The minimum absolute atomic E-state index is 0. The number of hydrogen-bond donors (Lipinski definition) is 2. The van der Waals surface area contributed by atoms with E-state index in [1.165, 1.54) is 0 Å².